The van der Waals surface area contributed by atoms with E-state index in [1.165, 1.54) is 10.9 Å². The summed E-state index contributed by atoms with van der Waals surface area (Å²) in [6, 6.07) is 0. The average molecular weight is 368 g/mol. The van der Waals surface area contributed by atoms with Crippen LogP contribution in [0.5, 0.6) is 0 Å². The zero-order chi connectivity index (χ0) is 18.8. The predicted molar refractivity (Wildman–Crippen MR) is 99.3 cm³/mol. The Kier molecular flexibility index (Phi) is 4.63. The first kappa shape index (κ1) is 17.3. The molecule has 1 saturated heterocycles. The van der Waals surface area contributed by atoms with E-state index in [2.05, 4.69) is 19.9 Å². The summed E-state index contributed by atoms with van der Waals surface area (Å²) in [5.41, 5.74) is 7.85. The molecule has 3 aromatic heterocycles. The van der Waals surface area contributed by atoms with Crippen LogP contribution >= 0.6 is 0 Å². The van der Waals surface area contributed by atoms with Crippen LogP contribution in [0.15, 0.2) is 18.7 Å². The second-order valence-corrected chi connectivity index (χ2v) is 6.23. The van der Waals surface area contributed by atoms with Crippen LogP contribution in [0.2, 0.25) is 0 Å². The number of nitrogen functional groups attached to an aromatic ring is 1. The molecular weight excluding hydrogens is 348 g/mol. The number of nitrogens with zero attached hydrogens (tertiary/aromatic N) is 7. The van der Waals surface area contributed by atoms with E-state index in [-0.39, 0.29) is 11.9 Å². The number of fused-ring (bicyclic) bond motifs is 1. The lowest BCUT2D eigenvalue weighted by molar-refractivity contribution is 0.0906. The largest absolute Gasteiger partial charge is 0.378 e. The Morgan fingerprint density at radius 3 is 2.63 bits per heavy atom. The van der Waals surface area contributed by atoms with Gasteiger partial charge in [-0.3, -0.25) is 9.36 Å². The SMILES string of the molecule is CCCC(=O)n1cnc2c(-c3cnc(N)nc3)nc(N3CCOCC3)nc21. The summed E-state index contributed by atoms with van der Waals surface area (Å²) in [6.45, 7) is 4.54. The molecule has 0 atom stereocenters. The van der Waals surface area contributed by atoms with E-state index >= 15 is 0 Å². The van der Waals surface area contributed by atoms with Crippen molar-refractivity contribution < 1.29 is 9.53 Å². The van der Waals surface area contributed by atoms with Gasteiger partial charge in [0.25, 0.3) is 0 Å². The smallest absolute Gasteiger partial charge is 0.233 e. The number of nitrogens with two attached hydrogens (primary N) is 1. The highest BCUT2D eigenvalue weighted by Crippen LogP contribution is 2.27. The summed E-state index contributed by atoms with van der Waals surface area (Å²) < 4.78 is 6.91. The third-order valence-electron chi connectivity index (χ3n) is 4.36. The summed E-state index contributed by atoms with van der Waals surface area (Å²) in [7, 11) is 0. The van der Waals surface area contributed by atoms with E-state index in [1.807, 2.05) is 11.8 Å². The Balaban J connectivity index is 1.89. The molecule has 10 heteroatoms. The van der Waals surface area contributed by atoms with Crippen molar-refractivity contribution in [1.29, 1.82) is 0 Å². The minimum atomic E-state index is -0.0499. The van der Waals surface area contributed by atoms with Gasteiger partial charge in [0.2, 0.25) is 17.8 Å². The minimum Gasteiger partial charge on any atom is -0.378 e. The molecule has 0 radical (unpaired) electrons. The molecule has 0 aliphatic carbocycles. The molecule has 0 aromatic carbocycles. The number of ether oxygens (including phenoxy) is 1. The van der Waals surface area contributed by atoms with Gasteiger partial charge in [-0.2, -0.15) is 4.98 Å². The molecule has 1 aliphatic rings. The second-order valence-electron chi connectivity index (χ2n) is 6.23. The molecule has 0 amide bonds. The van der Waals surface area contributed by atoms with E-state index in [0.717, 1.165) is 6.42 Å². The van der Waals surface area contributed by atoms with Gasteiger partial charge in [0, 0.05) is 37.5 Å². The molecule has 0 unspecified atom stereocenters. The fourth-order valence-electron chi connectivity index (χ4n) is 2.97. The zero-order valence-electron chi connectivity index (χ0n) is 15.0. The molecule has 1 fully saturated rings. The van der Waals surface area contributed by atoms with Gasteiger partial charge in [-0.1, -0.05) is 6.92 Å². The molecule has 3 aromatic rings. The Morgan fingerprint density at radius 1 is 1.19 bits per heavy atom. The van der Waals surface area contributed by atoms with Crippen molar-refractivity contribution in [2.45, 2.75) is 19.8 Å². The van der Waals surface area contributed by atoms with Gasteiger partial charge in [-0.05, 0) is 6.42 Å². The molecule has 0 saturated carbocycles. The van der Waals surface area contributed by atoms with Crippen LogP contribution in [0.4, 0.5) is 11.9 Å². The van der Waals surface area contributed by atoms with Crippen molar-refractivity contribution in [3.05, 3.63) is 18.7 Å². The fourth-order valence-corrected chi connectivity index (χ4v) is 2.97. The number of hydrogen-bond acceptors (Lipinski definition) is 9. The lowest BCUT2D eigenvalue weighted by Crippen LogP contribution is -2.37. The molecule has 0 bridgehead atoms. The number of imidazole rings is 1. The number of carbonyl (C=O) groups is 1. The van der Waals surface area contributed by atoms with E-state index < -0.39 is 0 Å². The van der Waals surface area contributed by atoms with Gasteiger partial charge in [0.1, 0.15) is 17.5 Å². The lowest BCUT2D eigenvalue weighted by atomic mass is 10.2. The monoisotopic (exact) mass is 368 g/mol. The quantitative estimate of drug-likeness (QED) is 0.721. The number of carbonyl (C=O) groups excluding carboxylic acids is 1. The highest BCUT2D eigenvalue weighted by molar-refractivity contribution is 5.94. The molecular formula is C17H20N8O2. The number of morpholine rings is 1. The van der Waals surface area contributed by atoms with Crippen molar-refractivity contribution in [1.82, 2.24) is 29.5 Å². The summed E-state index contributed by atoms with van der Waals surface area (Å²) >= 11 is 0. The molecule has 140 valence electrons. The average Bonchev–Trinajstić information content (AvgIpc) is 3.13. The highest BCUT2D eigenvalue weighted by Gasteiger charge is 2.22. The van der Waals surface area contributed by atoms with Crippen LogP contribution in [-0.4, -0.2) is 61.7 Å². The van der Waals surface area contributed by atoms with Gasteiger partial charge in [0.05, 0.1) is 13.2 Å². The van der Waals surface area contributed by atoms with Crippen LogP contribution in [0.1, 0.15) is 24.6 Å². The number of aromatic nitrogens is 6. The van der Waals surface area contributed by atoms with E-state index in [4.69, 9.17) is 15.5 Å². The number of rotatable bonds is 4. The molecule has 27 heavy (non-hydrogen) atoms. The number of hydrogen-bond donors (Lipinski definition) is 1. The number of anilines is 2. The first-order chi connectivity index (χ1) is 13.2. The Bertz CT molecular complexity index is 963. The molecule has 2 N–H and O–H groups in total. The van der Waals surface area contributed by atoms with E-state index in [9.17, 15) is 4.79 Å². The summed E-state index contributed by atoms with van der Waals surface area (Å²) in [5.74, 6) is 0.663. The maximum Gasteiger partial charge on any atom is 0.233 e. The fraction of sp³-hybridized carbons (Fsp3) is 0.412. The van der Waals surface area contributed by atoms with Crippen molar-refractivity contribution in [2.75, 3.05) is 36.9 Å². The lowest BCUT2D eigenvalue weighted by Gasteiger charge is -2.27. The normalized spacial score (nSPS) is 14.6. The van der Waals surface area contributed by atoms with Crippen LogP contribution in [-0.2, 0) is 4.74 Å². The van der Waals surface area contributed by atoms with Gasteiger partial charge in [-0.15, -0.1) is 0 Å². The van der Waals surface area contributed by atoms with Gasteiger partial charge in [0.15, 0.2) is 5.65 Å². The van der Waals surface area contributed by atoms with Crippen molar-refractivity contribution in [3.63, 3.8) is 0 Å². The highest BCUT2D eigenvalue weighted by atomic mass is 16.5. The molecule has 4 rings (SSSR count). The maximum absolute atomic E-state index is 12.5. The molecule has 0 spiro atoms. The molecule has 1 aliphatic heterocycles. The standard InChI is InChI=1S/C17H20N8O2/c1-2-3-12(26)25-10-21-14-13(11-8-19-16(18)20-9-11)22-17(23-15(14)25)24-4-6-27-7-5-24/h8-10H,2-7H2,1H3,(H2,18,19,20). The van der Waals surface area contributed by atoms with E-state index in [0.29, 0.717) is 61.1 Å². The van der Waals surface area contributed by atoms with Crippen LogP contribution in [0.3, 0.4) is 0 Å². The predicted octanol–water partition coefficient (Wildman–Crippen LogP) is 1.14. The Labute approximate surface area is 155 Å². The van der Waals surface area contributed by atoms with Gasteiger partial charge in [-0.25, -0.2) is 19.9 Å². The topological polar surface area (TPSA) is 125 Å². The van der Waals surface area contributed by atoms with Crippen molar-refractivity contribution in [2.24, 2.45) is 0 Å². The minimum absolute atomic E-state index is 0.0499. The summed E-state index contributed by atoms with van der Waals surface area (Å²) in [4.78, 5) is 36.3. The Hall–Kier alpha value is -3.14. The van der Waals surface area contributed by atoms with E-state index in [1.54, 1.807) is 12.4 Å². The van der Waals surface area contributed by atoms with Crippen LogP contribution in [0, 0.1) is 0 Å². The van der Waals surface area contributed by atoms with Gasteiger partial charge < -0.3 is 15.4 Å². The van der Waals surface area contributed by atoms with Crippen molar-refractivity contribution >= 4 is 29.0 Å². The first-order valence-electron chi connectivity index (χ1n) is 8.86. The first-order valence-corrected chi connectivity index (χ1v) is 8.86. The second kappa shape index (κ2) is 7.23. The third kappa shape index (κ3) is 3.31. The van der Waals surface area contributed by atoms with Crippen LogP contribution in [0.25, 0.3) is 22.4 Å². The molecule has 10 nitrogen and oxygen atoms in total. The Morgan fingerprint density at radius 2 is 1.93 bits per heavy atom. The maximum atomic E-state index is 12.5. The van der Waals surface area contributed by atoms with Gasteiger partial charge >= 0.3 is 0 Å². The third-order valence-corrected chi connectivity index (χ3v) is 4.36. The zero-order valence-corrected chi connectivity index (χ0v) is 15.0. The molecule has 4 heterocycles. The van der Waals surface area contributed by atoms with Crippen LogP contribution < -0.4 is 10.6 Å². The van der Waals surface area contributed by atoms with Crippen molar-refractivity contribution in [3.8, 4) is 11.3 Å². The summed E-state index contributed by atoms with van der Waals surface area (Å²) in [6.07, 6.45) is 5.86. The summed E-state index contributed by atoms with van der Waals surface area (Å²) in [5, 5.41) is 0.